The van der Waals surface area contributed by atoms with Gasteiger partial charge in [-0.1, -0.05) is 0 Å². The van der Waals surface area contributed by atoms with Crippen LogP contribution in [0.1, 0.15) is 18.5 Å². The van der Waals surface area contributed by atoms with Crippen LogP contribution in [-0.2, 0) is 11.3 Å². The van der Waals surface area contributed by atoms with Crippen molar-refractivity contribution in [3.8, 4) is 10.8 Å². The first-order chi connectivity index (χ1) is 10.2. The molecular weight excluding hydrogens is 286 g/mol. The number of furan rings is 1. The van der Waals surface area contributed by atoms with Crippen LogP contribution in [0.25, 0.3) is 10.8 Å². The molecule has 2 aromatic rings. The summed E-state index contributed by atoms with van der Waals surface area (Å²) in [6.07, 6.45) is 3.92. The fraction of sp³-hybridized carbons (Fsp3) is 0.467. The fourth-order valence-corrected chi connectivity index (χ4v) is 3.30. The molecule has 112 valence electrons. The van der Waals surface area contributed by atoms with Crippen LogP contribution in [0.15, 0.2) is 28.2 Å². The zero-order chi connectivity index (χ0) is 14.7. The molecule has 0 atom stereocenters. The summed E-state index contributed by atoms with van der Waals surface area (Å²) < 4.78 is 5.34. The minimum absolute atomic E-state index is 0.219. The average Bonchev–Trinajstić information content (AvgIpc) is 3.21. The van der Waals surface area contributed by atoms with Crippen LogP contribution in [0.3, 0.4) is 0 Å². The average molecular weight is 305 g/mol. The van der Waals surface area contributed by atoms with Gasteiger partial charge in [-0.3, -0.25) is 9.69 Å². The van der Waals surface area contributed by atoms with Crippen LogP contribution in [0.5, 0.6) is 0 Å². The van der Waals surface area contributed by atoms with Gasteiger partial charge in [0.1, 0.15) is 0 Å². The third-order valence-corrected chi connectivity index (χ3v) is 4.49. The van der Waals surface area contributed by atoms with Crippen LogP contribution in [0, 0.1) is 0 Å². The summed E-state index contributed by atoms with van der Waals surface area (Å²) in [5, 5.41) is 2.91. The van der Waals surface area contributed by atoms with Gasteiger partial charge in [0.15, 0.2) is 10.8 Å². The highest BCUT2D eigenvalue weighted by molar-refractivity contribution is 7.13. The molecule has 0 unspecified atom stereocenters. The summed E-state index contributed by atoms with van der Waals surface area (Å²) >= 11 is 1.57. The van der Waals surface area contributed by atoms with E-state index in [4.69, 9.17) is 4.42 Å². The molecule has 0 bridgehead atoms. The van der Waals surface area contributed by atoms with Gasteiger partial charge in [0.05, 0.1) is 18.5 Å². The molecule has 1 aliphatic heterocycles. The second-order valence-electron chi connectivity index (χ2n) is 5.38. The lowest BCUT2D eigenvalue weighted by Crippen LogP contribution is -2.37. The molecule has 0 aromatic carbocycles. The summed E-state index contributed by atoms with van der Waals surface area (Å²) in [6.45, 7) is 2.95. The quantitative estimate of drug-likeness (QED) is 0.851. The topological polar surface area (TPSA) is 49.6 Å². The molecule has 6 heteroatoms. The Morgan fingerprint density at radius 3 is 3.00 bits per heavy atom. The summed E-state index contributed by atoms with van der Waals surface area (Å²) in [5.74, 6) is 1.01. The van der Waals surface area contributed by atoms with Crippen molar-refractivity contribution in [2.24, 2.45) is 0 Å². The van der Waals surface area contributed by atoms with E-state index in [1.165, 1.54) is 0 Å². The van der Waals surface area contributed by atoms with Gasteiger partial charge in [0, 0.05) is 25.0 Å². The van der Waals surface area contributed by atoms with E-state index in [2.05, 4.69) is 4.98 Å². The monoisotopic (exact) mass is 305 g/mol. The van der Waals surface area contributed by atoms with Gasteiger partial charge in [0.25, 0.3) is 0 Å². The lowest BCUT2D eigenvalue weighted by molar-refractivity contribution is -0.131. The minimum atomic E-state index is 0.219. The summed E-state index contributed by atoms with van der Waals surface area (Å²) in [6, 6.07) is 3.76. The molecule has 5 nitrogen and oxygen atoms in total. The number of thiazole rings is 1. The normalized spacial score (nSPS) is 15.0. The number of likely N-dealkylation sites (N-methyl/N-ethyl adjacent to an activating group) is 1. The number of amides is 1. The Morgan fingerprint density at radius 2 is 2.29 bits per heavy atom. The first kappa shape index (κ1) is 14.3. The van der Waals surface area contributed by atoms with E-state index in [1.54, 1.807) is 17.6 Å². The highest BCUT2D eigenvalue weighted by atomic mass is 32.1. The van der Waals surface area contributed by atoms with Crippen LogP contribution in [-0.4, -0.2) is 47.4 Å². The van der Waals surface area contributed by atoms with Crippen molar-refractivity contribution in [2.75, 3.05) is 26.7 Å². The van der Waals surface area contributed by atoms with Crippen LogP contribution in [0.4, 0.5) is 0 Å². The lowest BCUT2D eigenvalue weighted by atomic mass is 10.4. The molecule has 3 rings (SSSR count). The number of rotatable bonds is 5. The molecule has 2 aromatic heterocycles. The van der Waals surface area contributed by atoms with Crippen molar-refractivity contribution >= 4 is 17.2 Å². The van der Waals surface area contributed by atoms with E-state index >= 15 is 0 Å². The Bertz CT molecular complexity index is 588. The van der Waals surface area contributed by atoms with Crippen LogP contribution >= 0.6 is 11.3 Å². The summed E-state index contributed by atoms with van der Waals surface area (Å²) in [5.41, 5.74) is 0.975. The third-order valence-electron chi connectivity index (χ3n) is 3.58. The standard InChI is InChI=1S/C15H19N3O2S/c1-17(10-14(19)18-6-2-3-7-18)9-12-11-21-15(16-12)13-5-4-8-20-13/h4-5,8,11H,2-3,6-7,9-10H2,1H3. The number of likely N-dealkylation sites (tertiary alicyclic amines) is 1. The zero-order valence-corrected chi connectivity index (χ0v) is 12.9. The molecule has 0 aliphatic carbocycles. The number of carbonyl (C=O) groups excluding carboxylic acids is 1. The van der Waals surface area contributed by atoms with Gasteiger partial charge in [-0.2, -0.15) is 0 Å². The van der Waals surface area contributed by atoms with Crippen LogP contribution < -0.4 is 0 Å². The molecule has 0 spiro atoms. The lowest BCUT2D eigenvalue weighted by Gasteiger charge is -2.20. The second kappa shape index (κ2) is 6.41. The van der Waals surface area contributed by atoms with E-state index < -0.39 is 0 Å². The Kier molecular flexibility index (Phi) is 4.36. The van der Waals surface area contributed by atoms with Crippen molar-refractivity contribution < 1.29 is 9.21 Å². The van der Waals surface area contributed by atoms with E-state index in [9.17, 15) is 4.79 Å². The van der Waals surface area contributed by atoms with Gasteiger partial charge >= 0.3 is 0 Å². The maximum atomic E-state index is 12.1. The maximum absolute atomic E-state index is 12.1. The summed E-state index contributed by atoms with van der Waals surface area (Å²) in [4.78, 5) is 20.6. The number of hydrogen-bond acceptors (Lipinski definition) is 5. The molecule has 0 radical (unpaired) electrons. The van der Waals surface area contributed by atoms with Crippen molar-refractivity contribution in [1.29, 1.82) is 0 Å². The Balaban J connectivity index is 1.55. The number of carbonyl (C=O) groups is 1. The smallest absolute Gasteiger partial charge is 0.236 e. The maximum Gasteiger partial charge on any atom is 0.236 e. The second-order valence-corrected chi connectivity index (χ2v) is 6.24. The number of aromatic nitrogens is 1. The number of hydrogen-bond donors (Lipinski definition) is 0. The van der Waals surface area contributed by atoms with E-state index in [0.717, 1.165) is 42.4 Å². The molecule has 21 heavy (non-hydrogen) atoms. The van der Waals surface area contributed by atoms with Gasteiger partial charge in [-0.25, -0.2) is 4.98 Å². The van der Waals surface area contributed by atoms with E-state index in [0.29, 0.717) is 13.1 Å². The molecule has 1 aliphatic rings. The Morgan fingerprint density at radius 1 is 1.48 bits per heavy atom. The zero-order valence-electron chi connectivity index (χ0n) is 12.1. The summed E-state index contributed by atoms with van der Waals surface area (Å²) in [7, 11) is 1.96. The van der Waals surface area contributed by atoms with E-state index in [1.807, 2.05) is 34.4 Å². The molecule has 1 amide bonds. The predicted octanol–water partition coefficient (Wildman–Crippen LogP) is 2.46. The third kappa shape index (κ3) is 3.51. The highest BCUT2D eigenvalue weighted by Gasteiger charge is 2.19. The first-order valence-corrected chi connectivity index (χ1v) is 8.05. The molecular formula is C15H19N3O2S. The minimum Gasteiger partial charge on any atom is -0.462 e. The molecule has 3 heterocycles. The highest BCUT2D eigenvalue weighted by Crippen LogP contribution is 2.24. The van der Waals surface area contributed by atoms with Crippen molar-refractivity contribution in [1.82, 2.24) is 14.8 Å². The largest absolute Gasteiger partial charge is 0.462 e. The SMILES string of the molecule is CN(CC(=O)N1CCCC1)Cc1csc(-c2ccco2)n1. The number of nitrogens with zero attached hydrogens (tertiary/aromatic N) is 3. The Hall–Kier alpha value is -1.66. The first-order valence-electron chi connectivity index (χ1n) is 7.17. The van der Waals surface area contributed by atoms with Crippen molar-refractivity contribution in [3.63, 3.8) is 0 Å². The fourth-order valence-electron chi connectivity index (χ4n) is 2.52. The van der Waals surface area contributed by atoms with Gasteiger partial charge in [-0.05, 0) is 32.0 Å². The molecule has 0 N–H and O–H groups in total. The van der Waals surface area contributed by atoms with Gasteiger partial charge in [-0.15, -0.1) is 11.3 Å². The molecule has 1 fully saturated rings. The van der Waals surface area contributed by atoms with Gasteiger partial charge < -0.3 is 9.32 Å². The van der Waals surface area contributed by atoms with E-state index in [-0.39, 0.29) is 5.91 Å². The molecule has 0 saturated carbocycles. The predicted molar refractivity (Wildman–Crippen MR) is 82.0 cm³/mol. The van der Waals surface area contributed by atoms with Crippen molar-refractivity contribution in [3.05, 3.63) is 29.5 Å². The Labute approximate surface area is 128 Å². The van der Waals surface area contributed by atoms with Crippen molar-refractivity contribution in [2.45, 2.75) is 19.4 Å². The van der Waals surface area contributed by atoms with Gasteiger partial charge in [0.2, 0.25) is 5.91 Å². The molecule has 1 saturated heterocycles. The van der Waals surface area contributed by atoms with Crippen LogP contribution in [0.2, 0.25) is 0 Å².